The molecule has 0 unspecified atom stereocenters. The predicted octanol–water partition coefficient (Wildman–Crippen LogP) is 4.75. The minimum Gasteiger partial charge on any atom is -0.267 e. The van der Waals surface area contributed by atoms with Gasteiger partial charge in [0.05, 0.1) is 10.6 Å². The molecule has 0 saturated carbocycles. The highest BCUT2D eigenvalue weighted by Crippen LogP contribution is 2.15. The van der Waals surface area contributed by atoms with Crippen LogP contribution < -0.4 is 5.43 Å². The van der Waals surface area contributed by atoms with Gasteiger partial charge in [-0.2, -0.15) is 5.10 Å². The van der Waals surface area contributed by atoms with Gasteiger partial charge in [-0.1, -0.05) is 66.2 Å². The third kappa shape index (κ3) is 5.46. The molecule has 0 aliphatic heterocycles. The van der Waals surface area contributed by atoms with Crippen molar-refractivity contribution in [2.24, 2.45) is 5.10 Å². The first-order valence-electron chi connectivity index (χ1n) is 8.95. The zero-order valence-corrected chi connectivity index (χ0v) is 15.8. The monoisotopic (exact) mass is 385 g/mol. The first-order valence-corrected chi connectivity index (χ1v) is 8.95. The molecule has 0 saturated heterocycles. The Labute approximate surface area is 168 Å². The SMILES string of the molecule is Cc1ccc(C(=O)N/N=C(/C=C/c2cccc([N+](=O)[O-])c2)c2ccccc2)cc1. The number of allylic oxidation sites excluding steroid dienone is 1. The van der Waals surface area contributed by atoms with E-state index in [4.69, 9.17) is 0 Å². The summed E-state index contributed by atoms with van der Waals surface area (Å²) in [5.74, 6) is -0.317. The maximum Gasteiger partial charge on any atom is 0.271 e. The Kier molecular flexibility index (Phi) is 6.27. The summed E-state index contributed by atoms with van der Waals surface area (Å²) >= 11 is 0. The molecule has 0 atom stereocenters. The van der Waals surface area contributed by atoms with Gasteiger partial charge in [0, 0.05) is 23.3 Å². The van der Waals surface area contributed by atoms with Crippen LogP contribution in [0.2, 0.25) is 0 Å². The first-order chi connectivity index (χ1) is 14.0. The van der Waals surface area contributed by atoms with Crippen LogP contribution in [0.4, 0.5) is 5.69 Å². The van der Waals surface area contributed by atoms with Gasteiger partial charge in [0.25, 0.3) is 11.6 Å². The zero-order valence-electron chi connectivity index (χ0n) is 15.8. The molecule has 1 N–H and O–H groups in total. The summed E-state index contributed by atoms with van der Waals surface area (Å²) in [4.78, 5) is 22.9. The summed E-state index contributed by atoms with van der Waals surface area (Å²) in [6.45, 7) is 1.95. The fraction of sp³-hybridized carbons (Fsp3) is 0.0435. The number of aryl methyl sites for hydroxylation is 1. The van der Waals surface area contributed by atoms with E-state index in [1.165, 1.54) is 12.1 Å². The summed E-state index contributed by atoms with van der Waals surface area (Å²) in [5.41, 5.74) is 6.15. The maximum atomic E-state index is 12.4. The Morgan fingerprint density at radius 1 is 0.966 bits per heavy atom. The molecular formula is C23H19N3O3. The number of hydrogen-bond donors (Lipinski definition) is 1. The average Bonchev–Trinajstić information content (AvgIpc) is 2.75. The smallest absolute Gasteiger partial charge is 0.267 e. The highest BCUT2D eigenvalue weighted by molar-refractivity contribution is 6.11. The fourth-order valence-electron chi connectivity index (χ4n) is 2.60. The summed E-state index contributed by atoms with van der Waals surface area (Å²) < 4.78 is 0. The van der Waals surface area contributed by atoms with Crippen LogP contribution in [0.15, 0.2) is 90.0 Å². The standard InChI is InChI=1S/C23H19N3O3/c1-17-10-13-20(14-11-17)23(27)25-24-22(19-7-3-2-4-8-19)15-12-18-6-5-9-21(16-18)26(28)29/h2-16H,1H3,(H,25,27)/b15-12+,24-22-. The number of benzene rings is 3. The summed E-state index contributed by atoms with van der Waals surface area (Å²) in [7, 11) is 0. The molecule has 3 aromatic rings. The van der Waals surface area contributed by atoms with Crippen molar-refractivity contribution >= 4 is 23.4 Å². The van der Waals surface area contributed by atoms with E-state index in [1.807, 2.05) is 49.4 Å². The number of nitro benzene ring substituents is 1. The van der Waals surface area contributed by atoms with E-state index in [0.29, 0.717) is 16.8 Å². The fourth-order valence-corrected chi connectivity index (χ4v) is 2.60. The van der Waals surface area contributed by atoms with Crippen molar-refractivity contribution in [3.8, 4) is 0 Å². The molecule has 6 heteroatoms. The van der Waals surface area contributed by atoms with Crippen molar-refractivity contribution in [1.29, 1.82) is 0 Å². The van der Waals surface area contributed by atoms with Gasteiger partial charge in [0.15, 0.2) is 0 Å². The van der Waals surface area contributed by atoms with Crippen molar-refractivity contribution in [3.05, 3.63) is 117 Å². The van der Waals surface area contributed by atoms with Crippen molar-refractivity contribution in [1.82, 2.24) is 5.43 Å². The van der Waals surface area contributed by atoms with Gasteiger partial charge in [-0.15, -0.1) is 0 Å². The number of amides is 1. The predicted molar refractivity (Wildman–Crippen MR) is 114 cm³/mol. The van der Waals surface area contributed by atoms with Gasteiger partial charge in [0.2, 0.25) is 0 Å². The third-order valence-electron chi connectivity index (χ3n) is 4.18. The van der Waals surface area contributed by atoms with Crippen LogP contribution >= 0.6 is 0 Å². The normalized spacial score (nSPS) is 11.4. The number of rotatable bonds is 6. The van der Waals surface area contributed by atoms with E-state index >= 15 is 0 Å². The number of hydrazone groups is 1. The van der Waals surface area contributed by atoms with Gasteiger partial charge in [0.1, 0.15) is 0 Å². The molecule has 0 radical (unpaired) electrons. The number of non-ortho nitro benzene ring substituents is 1. The number of nitrogens with zero attached hydrogens (tertiary/aromatic N) is 2. The molecule has 0 aliphatic carbocycles. The third-order valence-corrected chi connectivity index (χ3v) is 4.18. The Morgan fingerprint density at radius 2 is 1.69 bits per heavy atom. The topological polar surface area (TPSA) is 84.6 Å². The lowest BCUT2D eigenvalue weighted by Crippen LogP contribution is -2.19. The number of hydrogen-bond acceptors (Lipinski definition) is 4. The van der Waals surface area contributed by atoms with Crippen LogP contribution in [-0.2, 0) is 0 Å². The lowest BCUT2D eigenvalue weighted by Gasteiger charge is -2.05. The van der Waals surface area contributed by atoms with Crippen LogP contribution in [0.5, 0.6) is 0 Å². The van der Waals surface area contributed by atoms with Gasteiger partial charge < -0.3 is 0 Å². The van der Waals surface area contributed by atoms with Crippen LogP contribution in [0, 0.1) is 17.0 Å². The van der Waals surface area contributed by atoms with Gasteiger partial charge >= 0.3 is 0 Å². The number of carbonyl (C=O) groups excluding carboxylic acids is 1. The second kappa shape index (κ2) is 9.23. The van der Waals surface area contributed by atoms with Crippen molar-refractivity contribution in [2.45, 2.75) is 6.92 Å². The minimum absolute atomic E-state index is 0.0121. The minimum atomic E-state index is -0.439. The molecule has 3 aromatic carbocycles. The molecule has 0 bridgehead atoms. The molecule has 3 rings (SSSR count). The zero-order chi connectivity index (χ0) is 20.6. The van der Waals surface area contributed by atoms with E-state index in [1.54, 1.807) is 36.4 Å². The molecule has 0 aromatic heterocycles. The first kappa shape index (κ1) is 19.7. The van der Waals surface area contributed by atoms with Crippen molar-refractivity contribution in [3.63, 3.8) is 0 Å². The summed E-state index contributed by atoms with van der Waals surface area (Å²) in [6.07, 6.45) is 3.43. The Bertz CT molecular complexity index is 1070. The molecule has 29 heavy (non-hydrogen) atoms. The van der Waals surface area contributed by atoms with Crippen molar-refractivity contribution < 1.29 is 9.72 Å². The quantitative estimate of drug-likeness (QED) is 0.377. The van der Waals surface area contributed by atoms with Gasteiger partial charge in [-0.25, -0.2) is 5.43 Å². The molecule has 0 heterocycles. The summed E-state index contributed by atoms with van der Waals surface area (Å²) in [5, 5.41) is 15.2. The maximum absolute atomic E-state index is 12.4. The number of nitro groups is 1. The van der Waals surface area contributed by atoms with E-state index in [0.717, 1.165) is 11.1 Å². The molecule has 1 amide bonds. The molecule has 6 nitrogen and oxygen atoms in total. The average molecular weight is 385 g/mol. The highest BCUT2D eigenvalue weighted by Gasteiger charge is 2.07. The van der Waals surface area contributed by atoms with Gasteiger partial charge in [-0.3, -0.25) is 14.9 Å². The van der Waals surface area contributed by atoms with E-state index in [2.05, 4.69) is 10.5 Å². The van der Waals surface area contributed by atoms with Crippen LogP contribution in [0.3, 0.4) is 0 Å². The van der Waals surface area contributed by atoms with Crippen molar-refractivity contribution in [2.75, 3.05) is 0 Å². The number of carbonyl (C=O) groups is 1. The molecule has 0 fully saturated rings. The second-order valence-corrected chi connectivity index (χ2v) is 6.36. The van der Waals surface area contributed by atoms with Crippen LogP contribution in [-0.4, -0.2) is 16.5 Å². The van der Waals surface area contributed by atoms with E-state index in [9.17, 15) is 14.9 Å². The van der Waals surface area contributed by atoms with Crippen LogP contribution in [0.25, 0.3) is 6.08 Å². The molecule has 0 aliphatic rings. The van der Waals surface area contributed by atoms with Crippen LogP contribution in [0.1, 0.15) is 27.0 Å². The summed E-state index contributed by atoms with van der Waals surface area (Å²) in [6, 6.07) is 22.9. The van der Waals surface area contributed by atoms with Gasteiger partial charge in [-0.05, 0) is 30.7 Å². The molecular weight excluding hydrogens is 366 g/mol. The van der Waals surface area contributed by atoms with E-state index in [-0.39, 0.29) is 11.6 Å². The molecule has 144 valence electrons. The lowest BCUT2D eigenvalue weighted by molar-refractivity contribution is -0.384. The Hall–Kier alpha value is -4.06. The highest BCUT2D eigenvalue weighted by atomic mass is 16.6. The Balaban J connectivity index is 1.86. The second-order valence-electron chi connectivity index (χ2n) is 6.36. The van der Waals surface area contributed by atoms with E-state index < -0.39 is 4.92 Å². The lowest BCUT2D eigenvalue weighted by atomic mass is 10.1. The number of nitrogens with one attached hydrogen (secondary N) is 1. The Morgan fingerprint density at radius 3 is 2.38 bits per heavy atom. The largest absolute Gasteiger partial charge is 0.271 e. The molecule has 0 spiro atoms.